The summed E-state index contributed by atoms with van der Waals surface area (Å²) in [6.45, 7) is 0. The highest BCUT2D eigenvalue weighted by molar-refractivity contribution is 5.96. The van der Waals surface area contributed by atoms with E-state index < -0.39 is 5.91 Å². The van der Waals surface area contributed by atoms with Gasteiger partial charge in [-0.15, -0.1) is 0 Å². The number of aromatic nitrogens is 2. The van der Waals surface area contributed by atoms with E-state index in [1.165, 1.54) is 12.4 Å². The van der Waals surface area contributed by atoms with Crippen molar-refractivity contribution in [2.24, 2.45) is 5.73 Å². The number of hydrogen-bond donors (Lipinski definition) is 2. The van der Waals surface area contributed by atoms with Crippen molar-refractivity contribution < 1.29 is 4.79 Å². The van der Waals surface area contributed by atoms with Gasteiger partial charge in [0.25, 0.3) is 5.91 Å². The number of carbonyl (C=O) groups is 1. The van der Waals surface area contributed by atoms with Crippen molar-refractivity contribution in [2.45, 2.75) is 0 Å². The molecular weight excluding hydrogens is 204 g/mol. The summed E-state index contributed by atoms with van der Waals surface area (Å²) in [5.74, 6) is -0.243. The number of nitrogens with one attached hydrogen (secondary N) is 1. The van der Waals surface area contributed by atoms with Crippen molar-refractivity contribution in [3.8, 4) is 0 Å². The number of carbonyl (C=O) groups excluding carboxylic acids is 1. The summed E-state index contributed by atoms with van der Waals surface area (Å²) in [5.41, 5.74) is 6.14. The van der Waals surface area contributed by atoms with Gasteiger partial charge in [-0.25, -0.2) is 9.97 Å². The van der Waals surface area contributed by atoms with Crippen LogP contribution in [-0.2, 0) is 0 Å². The lowest BCUT2D eigenvalue weighted by Gasteiger charge is -2.07. The molecule has 5 heteroatoms. The van der Waals surface area contributed by atoms with Gasteiger partial charge in [-0.05, 0) is 12.1 Å². The summed E-state index contributed by atoms with van der Waals surface area (Å²) in [6.07, 6.45) is 2.92. The number of benzene rings is 1. The van der Waals surface area contributed by atoms with Crippen LogP contribution in [0.1, 0.15) is 10.5 Å². The van der Waals surface area contributed by atoms with Gasteiger partial charge in [0, 0.05) is 18.1 Å². The molecule has 2 rings (SSSR count). The Kier molecular flexibility index (Phi) is 2.77. The molecule has 0 spiro atoms. The molecule has 0 atom stereocenters. The second-order valence-electron chi connectivity index (χ2n) is 3.11. The van der Waals surface area contributed by atoms with Gasteiger partial charge < -0.3 is 11.1 Å². The number of nitrogens with zero attached hydrogens (tertiary/aromatic N) is 2. The Morgan fingerprint density at radius 1 is 1.12 bits per heavy atom. The molecule has 5 nitrogen and oxygen atoms in total. The molecule has 0 unspecified atom stereocenters. The van der Waals surface area contributed by atoms with E-state index in [-0.39, 0.29) is 5.69 Å². The monoisotopic (exact) mass is 214 g/mol. The fourth-order valence-corrected chi connectivity index (χ4v) is 1.27. The lowest BCUT2D eigenvalue weighted by Crippen LogP contribution is -2.16. The molecule has 16 heavy (non-hydrogen) atoms. The predicted molar refractivity (Wildman–Crippen MR) is 60.3 cm³/mol. The first-order chi connectivity index (χ1) is 7.77. The minimum atomic E-state index is -0.605. The van der Waals surface area contributed by atoms with Gasteiger partial charge >= 0.3 is 0 Å². The fraction of sp³-hybridized carbons (Fsp3) is 0. The van der Waals surface area contributed by atoms with E-state index in [2.05, 4.69) is 15.3 Å². The number of para-hydroxylation sites is 1. The highest BCUT2D eigenvalue weighted by Crippen LogP contribution is 2.15. The molecule has 1 heterocycles. The number of primary amides is 1. The predicted octanol–water partition coefficient (Wildman–Crippen LogP) is 1.32. The minimum absolute atomic E-state index is 0.131. The second kappa shape index (κ2) is 4.39. The molecule has 0 saturated carbocycles. The first kappa shape index (κ1) is 10.1. The summed E-state index contributed by atoms with van der Waals surface area (Å²) in [6, 6.07) is 9.38. The van der Waals surface area contributed by atoms with Gasteiger partial charge in [0.2, 0.25) is 0 Å². The first-order valence-corrected chi connectivity index (χ1v) is 4.70. The highest BCUT2D eigenvalue weighted by Gasteiger charge is 2.10. The van der Waals surface area contributed by atoms with Gasteiger partial charge in [0.05, 0.1) is 0 Å². The van der Waals surface area contributed by atoms with Crippen LogP contribution < -0.4 is 11.1 Å². The Balaban J connectivity index is 2.31. The molecule has 0 fully saturated rings. The van der Waals surface area contributed by atoms with Gasteiger partial charge in [0.1, 0.15) is 0 Å². The van der Waals surface area contributed by atoms with Gasteiger partial charge in [0.15, 0.2) is 11.5 Å². The molecule has 0 bridgehead atoms. The zero-order valence-electron chi connectivity index (χ0n) is 8.42. The van der Waals surface area contributed by atoms with E-state index in [9.17, 15) is 4.79 Å². The minimum Gasteiger partial charge on any atom is -0.364 e. The fourth-order valence-electron chi connectivity index (χ4n) is 1.27. The maximum absolute atomic E-state index is 11.1. The molecule has 0 aliphatic heterocycles. The third kappa shape index (κ3) is 2.14. The lowest BCUT2D eigenvalue weighted by molar-refractivity contribution is 0.0996. The van der Waals surface area contributed by atoms with E-state index in [0.29, 0.717) is 5.82 Å². The zero-order chi connectivity index (χ0) is 11.4. The summed E-state index contributed by atoms with van der Waals surface area (Å²) in [4.78, 5) is 19.0. The summed E-state index contributed by atoms with van der Waals surface area (Å²) in [7, 11) is 0. The van der Waals surface area contributed by atoms with E-state index >= 15 is 0 Å². The normalized spacial score (nSPS) is 9.75. The van der Waals surface area contributed by atoms with Crippen molar-refractivity contribution in [1.82, 2.24) is 9.97 Å². The second-order valence-corrected chi connectivity index (χ2v) is 3.11. The number of nitrogens with two attached hydrogens (primary N) is 1. The third-order valence-electron chi connectivity index (χ3n) is 1.97. The standard InChI is InChI=1S/C11H10N4O/c12-10(16)9-11(14-7-6-13-9)15-8-4-2-1-3-5-8/h1-7H,(H2,12,16)(H,14,15). The topological polar surface area (TPSA) is 80.9 Å². The van der Waals surface area contributed by atoms with Crippen LogP contribution >= 0.6 is 0 Å². The molecule has 80 valence electrons. The van der Waals surface area contributed by atoms with Crippen LogP contribution in [0, 0.1) is 0 Å². The maximum Gasteiger partial charge on any atom is 0.271 e. The number of anilines is 2. The van der Waals surface area contributed by atoms with E-state index in [4.69, 9.17) is 5.73 Å². The van der Waals surface area contributed by atoms with E-state index in [1.54, 1.807) is 0 Å². The van der Waals surface area contributed by atoms with Gasteiger partial charge in [-0.3, -0.25) is 4.79 Å². The lowest BCUT2D eigenvalue weighted by atomic mass is 10.3. The quantitative estimate of drug-likeness (QED) is 0.807. The Morgan fingerprint density at radius 3 is 2.50 bits per heavy atom. The van der Waals surface area contributed by atoms with Crippen molar-refractivity contribution in [3.05, 3.63) is 48.4 Å². The highest BCUT2D eigenvalue weighted by atomic mass is 16.1. The van der Waals surface area contributed by atoms with Crippen LogP contribution in [0.25, 0.3) is 0 Å². The third-order valence-corrected chi connectivity index (χ3v) is 1.97. The molecule has 0 radical (unpaired) electrons. The molecule has 1 aromatic carbocycles. The Hall–Kier alpha value is -2.43. The molecule has 2 aromatic rings. The largest absolute Gasteiger partial charge is 0.364 e. The van der Waals surface area contributed by atoms with Crippen molar-refractivity contribution >= 4 is 17.4 Å². The van der Waals surface area contributed by atoms with Crippen LogP contribution in [-0.4, -0.2) is 15.9 Å². The molecule has 0 aliphatic carbocycles. The Bertz CT molecular complexity index is 498. The Labute approximate surface area is 92.3 Å². The number of amides is 1. The van der Waals surface area contributed by atoms with Crippen molar-refractivity contribution in [3.63, 3.8) is 0 Å². The molecular formula is C11H10N4O. The smallest absolute Gasteiger partial charge is 0.271 e. The van der Waals surface area contributed by atoms with Gasteiger partial charge in [-0.1, -0.05) is 18.2 Å². The zero-order valence-corrected chi connectivity index (χ0v) is 8.42. The van der Waals surface area contributed by atoms with Crippen LogP contribution in [0.5, 0.6) is 0 Å². The van der Waals surface area contributed by atoms with Gasteiger partial charge in [-0.2, -0.15) is 0 Å². The number of hydrogen-bond acceptors (Lipinski definition) is 4. The van der Waals surface area contributed by atoms with Crippen LogP contribution in [0.2, 0.25) is 0 Å². The van der Waals surface area contributed by atoms with Crippen molar-refractivity contribution in [1.29, 1.82) is 0 Å². The Morgan fingerprint density at radius 2 is 1.81 bits per heavy atom. The van der Waals surface area contributed by atoms with Crippen LogP contribution in [0.15, 0.2) is 42.7 Å². The molecule has 1 amide bonds. The summed E-state index contributed by atoms with van der Waals surface area (Å²) in [5, 5.41) is 2.98. The maximum atomic E-state index is 11.1. The SMILES string of the molecule is NC(=O)c1nccnc1Nc1ccccc1. The molecule has 1 aromatic heterocycles. The first-order valence-electron chi connectivity index (χ1n) is 4.70. The summed E-state index contributed by atoms with van der Waals surface area (Å²) < 4.78 is 0. The molecule has 3 N–H and O–H groups in total. The van der Waals surface area contributed by atoms with Crippen molar-refractivity contribution in [2.75, 3.05) is 5.32 Å². The van der Waals surface area contributed by atoms with E-state index in [0.717, 1.165) is 5.69 Å². The van der Waals surface area contributed by atoms with Crippen LogP contribution in [0.4, 0.5) is 11.5 Å². The number of rotatable bonds is 3. The van der Waals surface area contributed by atoms with Crippen LogP contribution in [0.3, 0.4) is 0 Å². The molecule has 0 saturated heterocycles. The molecule has 0 aliphatic rings. The average molecular weight is 214 g/mol. The summed E-state index contributed by atoms with van der Waals surface area (Å²) >= 11 is 0. The average Bonchev–Trinajstić information content (AvgIpc) is 2.31. The van der Waals surface area contributed by atoms with E-state index in [1.807, 2.05) is 30.3 Å².